The standard InChI is InChI=1S/C23H26N4O3S2/c1-4-24-22(30)25-19(28)14(3)31-23-26-20-18(16-11-10-13(2)12-17(16)32-20)21(29)27(23)15-8-6-5-7-9-15/h5-9,13-14H,4,10-12H2,1-3H3,(H2,24,25,28,30)/t13-,14+/m0/s1. The minimum Gasteiger partial charge on any atom is -0.338 e. The van der Waals surface area contributed by atoms with Gasteiger partial charge in [0, 0.05) is 11.4 Å². The average molecular weight is 471 g/mol. The molecule has 7 nitrogen and oxygen atoms in total. The molecule has 0 saturated heterocycles. The van der Waals surface area contributed by atoms with E-state index in [1.54, 1.807) is 29.8 Å². The highest BCUT2D eigenvalue weighted by molar-refractivity contribution is 8.00. The van der Waals surface area contributed by atoms with Gasteiger partial charge >= 0.3 is 6.03 Å². The Labute approximate surface area is 194 Å². The Bertz CT molecular complexity index is 1220. The molecular formula is C23H26N4O3S2. The highest BCUT2D eigenvalue weighted by Crippen LogP contribution is 2.37. The minimum absolute atomic E-state index is 0.105. The summed E-state index contributed by atoms with van der Waals surface area (Å²) in [5.74, 6) is 0.160. The molecule has 2 heterocycles. The van der Waals surface area contributed by atoms with E-state index in [1.165, 1.54) is 16.6 Å². The van der Waals surface area contributed by atoms with Gasteiger partial charge in [0.1, 0.15) is 4.83 Å². The molecule has 3 aromatic rings. The van der Waals surface area contributed by atoms with Crippen LogP contribution >= 0.6 is 23.1 Å². The van der Waals surface area contributed by atoms with Gasteiger partial charge in [-0.15, -0.1) is 11.3 Å². The van der Waals surface area contributed by atoms with Gasteiger partial charge in [-0.1, -0.05) is 36.9 Å². The number of hydrogen-bond donors (Lipinski definition) is 2. The monoisotopic (exact) mass is 470 g/mol. The van der Waals surface area contributed by atoms with Crippen molar-refractivity contribution in [3.05, 3.63) is 51.1 Å². The molecule has 0 radical (unpaired) electrons. The number of hydrogen-bond acceptors (Lipinski definition) is 6. The summed E-state index contributed by atoms with van der Waals surface area (Å²) in [5.41, 5.74) is 1.73. The van der Waals surface area contributed by atoms with E-state index in [2.05, 4.69) is 17.6 Å². The summed E-state index contributed by atoms with van der Waals surface area (Å²) in [7, 11) is 0. The van der Waals surface area contributed by atoms with Crippen molar-refractivity contribution in [2.45, 2.75) is 50.4 Å². The van der Waals surface area contributed by atoms with E-state index >= 15 is 0 Å². The molecule has 32 heavy (non-hydrogen) atoms. The first kappa shape index (κ1) is 22.5. The second kappa shape index (κ2) is 9.46. The third kappa shape index (κ3) is 4.45. The van der Waals surface area contributed by atoms with Crippen molar-refractivity contribution >= 4 is 45.3 Å². The summed E-state index contributed by atoms with van der Waals surface area (Å²) in [6, 6.07) is 8.82. The first-order chi connectivity index (χ1) is 15.4. The molecule has 2 aromatic heterocycles. The second-order valence-electron chi connectivity index (χ2n) is 8.01. The van der Waals surface area contributed by atoms with E-state index in [4.69, 9.17) is 4.98 Å². The lowest BCUT2D eigenvalue weighted by molar-refractivity contribution is -0.119. The van der Waals surface area contributed by atoms with Crippen LogP contribution in [-0.2, 0) is 17.6 Å². The van der Waals surface area contributed by atoms with Gasteiger partial charge in [0.25, 0.3) is 5.56 Å². The average Bonchev–Trinajstić information content (AvgIpc) is 3.12. The number of aromatic nitrogens is 2. The lowest BCUT2D eigenvalue weighted by atomic mass is 9.89. The van der Waals surface area contributed by atoms with Crippen LogP contribution in [0.4, 0.5) is 4.79 Å². The fraction of sp³-hybridized carbons (Fsp3) is 0.391. The number of fused-ring (bicyclic) bond motifs is 3. The molecule has 2 N–H and O–H groups in total. The van der Waals surface area contributed by atoms with Crippen molar-refractivity contribution < 1.29 is 9.59 Å². The summed E-state index contributed by atoms with van der Waals surface area (Å²) in [5, 5.41) is 5.40. The van der Waals surface area contributed by atoms with Crippen LogP contribution in [0, 0.1) is 5.92 Å². The van der Waals surface area contributed by atoms with E-state index in [-0.39, 0.29) is 5.56 Å². The number of thioether (sulfide) groups is 1. The molecule has 4 rings (SSSR count). The molecule has 0 unspecified atom stereocenters. The highest BCUT2D eigenvalue weighted by atomic mass is 32.2. The predicted molar refractivity (Wildman–Crippen MR) is 129 cm³/mol. The summed E-state index contributed by atoms with van der Waals surface area (Å²) in [6.45, 7) is 6.14. The molecule has 168 valence electrons. The number of imide groups is 1. The quantitative estimate of drug-likeness (QED) is 0.436. The smallest absolute Gasteiger partial charge is 0.321 e. The maximum absolute atomic E-state index is 13.7. The zero-order valence-electron chi connectivity index (χ0n) is 18.3. The number of carbonyl (C=O) groups excluding carboxylic acids is 2. The van der Waals surface area contributed by atoms with Crippen molar-refractivity contribution in [1.82, 2.24) is 20.2 Å². The molecule has 1 aliphatic carbocycles. The molecule has 1 aromatic carbocycles. The van der Waals surface area contributed by atoms with Crippen LogP contribution < -0.4 is 16.2 Å². The number of nitrogens with zero attached hydrogens (tertiary/aromatic N) is 2. The third-order valence-corrected chi connectivity index (χ3v) is 7.74. The topological polar surface area (TPSA) is 93.1 Å². The lowest BCUT2D eigenvalue weighted by Crippen LogP contribution is -2.42. The number of rotatable bonds is 5. The van der Waals surface area contributed by atoms with Crippen LogP contribution in [0.15, 0.2) is 40.3 Å². The van der Waals surface area contributed by atoms with Crippen LogP contribution in [0.2, 0.25) is 0 Å². The first-order valence-electron chi connectivity index (χ1n) is 10.8. The molecule has 0 spiro atoms. The van der Waals surface area contributed by atoms with Gasteiger partial charge in [0.05, 0.1) is 16.3 Å². The molecular weight excluding hydrogens is 444 g/mol. The van der Waals surface area contributed by atoms with E-state index < -0.39 is 17.2 Å². The van der Waals surface area contributed by atoms with Gasteiger partial charge in [-0.05, 0) is 56.7 Å². The van der Waals surface area contributed by atoms with Gasteiger partial charge in [-0.25, -0.2) is 9.78 Å². The summed E-state index contributed by atoms with van der Waals surface area (Å²) in [4.78, 5) is 44.8. The predicted octanol–water partition coefficient (Wildman–Crippen LogP) is 3.90. The number of carbonyl (C=O) groups is 2. The SMILES string of the molecule is CCNC(=O)NC(=O)[C@@H](C)Sc1nc2sc3c(c2c(=O)n1-c1ccccc1)CC[C@H](C)C3. The summed E-state index contributed by atoms with van der Waals surface area (Å²) >= 11 is 2.76. The first-order valence-corrected chi connectivity index (χ1v) is 12.5. The van der Waals surface area contributed by atoms with E-state index in [0.717, 1.165) is 29.7 Å². The maximum atomic E-state index is 13.7. The Hall–Kier alpha value is -2.65. The van der Waals surface area contributed by atoms with E-state index in [0.29, 0.717) is 28.7 Å². The molecule has 3 amide bonds. The van der Waals surface area contributed by atoms with Crippen molar-refractivity contribution in [2.24, 2.45) is 5.92 Å². The molecule has 0 saturated carbocycles. The number of benzene rings is 1. The molecule has 0 fully saturated rings. The van der Waals surface area contributed by atoms with Crippen molar-refractivity contribution in [2.75, 3.05) is 6.54 Å². The third-order valence-electron chi connectivity index (χ3n) is 5.54. The molecule has 0 aliphatic heterocycles. The number of nitrogens with one attached hydrogen (secondary N) is 2. The number of para-hydroxylation sites is 1. The van der Waals surface area contributed by atoms with Crippen LogP contribution in [0.3, 0.4) is 0 Å². The zero-order chi connectivity index (χ0) is 22.8. The van der Waals surface area contributed by atoms with Crippen LogP contribution in [-0.4, -0.2) is 33.3 Å². The normalized spacial score (nSPS) is 16.4. The fourth-order valence-corrected chi connectivity index (χ4v) is 6.24. The van der Waals surface area contributed by atoms with Gasteiger partial charge in [0.2, 0.25) is 5.91 Å². The molecule has 1 aliphatic rings. The number of thiophene rings is 1. The second-order valence-corrected chi connectivity index (χ2v) is 10.4. The van der Waals surface area contributed by atoms with Crippen molar-refractivity contribution in [3.63, 3.8) is 0 Å². The number of aryl methyl sites for hydroxylation is 1. The van der Waals surface area contributed by atoms with Gasteiger partial charge in [-0.2, -0.15) is 0 Å². The summed E-state index contributed by atoms with van der Waals surface area (Å²) < 4.78 is 1.59. The minimum atomic E-state index is -0.619. The van der Waals surface area contributed by atoms with Crippen LogP contribution in [0.5, 0.6) is 0 Å². The Morgan fingerprint density at radius 2 is 2.06 bits per heavy atom. The van der Waals surface area contributed by atoms with Crippen LogP contribution in [0.25, 0.3) is 15.9 Å². The molecule has 2 atom stereocenters. The van der Waals surface area contributed by atoms with Crippen molar-refractivity contribution in [3.8, 4) is 5.69 Å². The van der Waals surface area contributed by atoms with E-state index in [9.17, 15) is 14.4 Å². The lowest BCUT2D eigenvalue weighted by Gasteiger charge is -2.18. The maximum Gasteiger partial charge on any atom is 0.321 e. The largest absolute Gasteiger partial charge is 0.338 e. The molecule has 9 heteroatoms. The van der Waals surface area contributed by atoms with Crippen molar-refractivity contribution in [1.29, 1.82) is 0 Å². The highest BCUT2D eigenvalue weighted by Gasteiger charge is 2.27. The Balaban J connectivity index is 1.78. The van der Waals surface area contributed by atoms with Gasteiger partial charge < -0.3 is 5.32 Å². The Morgan fingerprint density at radius 1 is 1.31 bits per heavy atom. The number of amides is 3. The van der Waals surface area contributed by atoms with Gasteiger partial charge in [0.15, 0.2) is 5.16 Å². The van der Waals surface area contributed by atoms with E-state index in [1.807, 2.05) is 30.3 Å². The summed E-state index contributed by atoms with van der Waals surface area (Å²) in [6.07, 6.45) is 2.92. The number of urea groups is 1. The molecule has 0 bridgehead atoms. The van der Waals surface area contributed by atoms with Crippen LogP contribution in [0.1, 0.15) is 37.6 Å². The Kier molecular flexibility index (Phi) is 6.66. The Morgan fingerprint density at radius 3 is 2.78 bits per heavy atom. The zero-order valence-corrected chi connectivity index (χ0v) is 19.9. The van der Waals surface area contributed by atoms with Gasteiger partial charge in [-0.3, -0.25) is 19.5 Å². The fourth-order valence-electron chi connectivity index (χ4n) is 3.88.